The van der Waals surface area contributed by atoms with E-state index in [4.69, 9.17) is 9.47 Å². The number of carbonyl (C=O) groups excluding carboxylic acids is 2. The highest BCUT2D eigenvalue weighted by Crippen LogP contribution is 2.24. The van der Waals surface area contributed by atoms with E-state index in [2.05, 4.69) is 5.32 Å². The first kappa shape index (κ1) is 20.9. The lowest BCUT2D eigenvalue weighted by Gasteiger charge is -2.23. The first-order valence-corrected chi connectivity index (χ1v) is 9.99. The zero-order valence-electron chi connectivity index (χ0n) is 16.8. The molecule has 0 radical (unpaired) electrons. The molecule has 2 aromatic carbocycles. The molecule has 1 heterocycles. The van der Waals surface area contributed by atoms with Crippen LogP contribution in [0.4, 0.5) is 0 Å². The van der Waals surface area contributed by atoms with Crippen molar-refractivity contribution in [3.05, 3.63) is 66.2 Å². The van der Waals surface area contributed by atoms with Gasteiger partial charge in [0.1, 0.15) is 17.9 Å². The molecule has 0 bridgehead atoms. The zero-order chi connectivity index (χ0) is 20.5. The lowest BCUT2D eigenvalue weighted by Crippen LogP contribution is -2.46. The van der Waals surface area contributed by atoms with Crippen molar-refractivity contribution >= 4 is 11.8 Å². The topological polar surface area (TPSA) is 67.9 Å². The van der Waals surface area contributed by atoms with E-state index in [9.17, 15) is 9.59 Å². The van der Waals surface area contributed by atoms with Gasteiger partial charge < -0.3 is 19.7 Å². The third-order valence-electron chi connectivity index (χ3n) is 5.01. The van der Waals surface area contributed by atoms with Gasteiger partial charge >= 0.3 is 0 Å². The van der Waals surface area contributed by atoms with Crippen LogP contribution in [0.25, 0.3) is 0 Å². The number of aryl methyl sites for hydroxylation is 1. The van der Waals surface area contributed by atoms with Gasteiger partial charge in [-0.05, 0) is 24.1 Å². The second-order valence-corrected chi connectivity index (χ2v) is 7.12. The van der Waals surface area contributed by atoms with Crippen LogP contribution in [0.1, 0.15) is 18.4 Å². The summed E-state index contributed by atoms with van der Waals surface area (Å²) in [6.45, 7) is 1.26. The van der Waals surface area contributed by atoms with Gasteiger partial charge in [0.2, 0.25) is 11.8 Å². The largest absolute Gasteiger partial charge is 0.488 e. The predicted molar refractivity (Wildman–Crippen MR) is 111 cm³/mol. The van der Waals surface area contributed by atoms with Gasteiger partial charge in [-0.25, -0.2) is 0 Å². The molecule has 3 rings (SSSR count). The van der Waals surface area contributed by atoms with Gasteiger partial charge in [0, 0.05) is 26.5 Å². The van der Waals surface area contributed by atoms with Gasteiger partial charge in [-0.3, -0.25) is 9.59 Å². The molecule has 2 atom stereocenters. The van der Waals surface area contributed by atoms with Crippen molar-refractivity contribution in [2.45, 2.75) is 31.4 Å². The van der Waals surface area contributed by atoms with E-state index in [0.29, 0.717) is 39.0 Å². The number of para-hydroxylation sites is 1. The summed E-state index contributed by atoms with van der Waals surface area (Å²) < 4.78 is 11.0. The molecular formula is C23H28N2O4. The van der Waals surface area contributed by atoms with Crippen LogP contribution >= 0.6 is 0 Å². The van der Waals surface area contributed by atoms with Crippen LogP contribution in [0.5, 0.6) is 5.75 Å². The summed E-state index contributed by atoms with van der Waals surface area (Å²) in [5.74, 6) is 0.559. The van der Waals surface area contributed by atoms with Crippen LogP contribution < -0.4 is 10.1 Å². The molecule has 1 aliphatic heterocycles. The lowest BCUT2D eigenvalue weighted by molar-refractivity contribution is -0.138. The molecule has 29 heavy (non-hydrogen) atoms. The van der Waals surface area contributed by atoms with Crippen LogP contribution in [0.3, 0.4) is 0 Å². The summed E-state index contributed by atoms with van der Waals surface area (Å²) in [6.07, 6.45) is 1.28. The summed E-state index contributed by atoms with van der Waals surface area (Å²) >= 11 is 0. The Morgan fingerprint density at radius 3 is 2.45 bits per heavy atom. The number of hydrogen-bond donors (Lipinski definition) is 1. The fourth-order valence-corrected chi connectivity index (χ4v) is 3.53. The Kier molecular flexibility index (Phi) is 7.64. The van der Waals surface area contributed by atoms with Crippen molar-refractivity contribution in [2.75, 3.05) is 26.8 Å². The van der Waals surface area contributed by atoms with Gasteiger partial charge in [-0.1, -0.05) is 48.5 Å². The summed E-state index contributed by atoms with van der Waals surface area (Å²) in [5, 5.41) is 2.86. The number of ether oxygens (including phenoxy) is 2. The summed E-state index contributed by atoms with van der Waals surface area (Å²) in [7, 11) is 1.59. The third-order valence-corrected chi connectivity index (χ3v) is 5.01. The molecule has 6 nitrogen and oxygen atoms in total. The summed E-state index contributed by atoms with van der Waals surface area (Å²) in [5.41, 5.74) is 1.11. The number of methoxy groups -OCH3 is 1. The van der Waals surface area contributed by atoms with Crippen LogP contribution in [0.2, 0.25) is 0 Å². The van der Waals surface area contributed by atoms with E-state index in [1.54, 1.807) is 12.0 Å². The van der Waals surface area contributed by atoms with Gasteiger partial charge in [0.05, 0.1) is 13.2 Å². The normalized spacial score (nSPS) is 18.4. The zero-order valence-corrected chi connectivity index (χ0v) is 16.8. The highest BCUT2D eigenvalue weighted by molar-refractivity contribution is 5.88. The van der Waals surface area contributed by atoms with Crippen LogP contribution in [-0.2, 0) is 20.7 Å². The van der Waals surface area contributed by atoms with E-state index in [-0.39, 0.29) is 17.9 Å². The third kappa shape index (κ3) is 6.06. The second-order valence-electron chi connectivity index (χ2n) is 7.12. The number of nitrogens with one attached hydrogen (secondary N) is 1. The second kappa shape index (κ2) is 10.6. The van der Waals surface area contributed by atoms with E-state index in [0.717, 1.165) is 11.3 Å². The molecule has 0 aromatic heterocycles. The Morgan fingerprint density at radius 2 is 1.76 bits per heavy atom. The SMILES string of the molecule is COCCNC(=O)C1CC(Oc2ccccc2)CN1C(=O)CCc1ccccc1. The number of rotatable bonds is 9. The standard InChI is InChI=1S/C23H28N2O4/c1-28-15-14-24-23(27)21-16-20(29-19-10-6-3-7-11-19)17-25(21)22(26)13-12-18-8-4-2-5-9-18/h2-11,20-21H,12-17H2,1H3,(H,24,27). The number of carbonyl (C=O) groups is 2. The Labute approximate surface area is 171 Å². The minimum atomic E-state index is -0.524. The van der Waals surface area contributed by atoms with Crippen molar-refractivity contribution in [1.82, 2.24) is 10.2 Å². The Morgan fingerprint density at radius 1 is 1.07 bits per heavy atom. The van der Waals surface area contributed by atoms with Gasteiger partial charge in [-0.15, -0.1) is 0 Å². The van der Waals surface area contributed by atoms with Crippen molar-refractivity contribution in [3.63, 3.8) is 0 Å². The average Bonchev–Trinajstić information content (AvgIpc) is 3.17. The van der Waals surface area contributed by atoms with Crippen molar-refractivity contribution < 1.29 is 19.1 Å². The number of hydrogen-bond acceptors (Lipinski definition) is 4. The van der Waals surface area contributed by atoms with Crippen molar-refractivity contribution in [3.8, 4) is 5.75 Å². The Balaban J connectivity index is 1.64. The fraction of sp³-hybridized carbons (Fsp3) is 0.391. The minimum absolute atomic E-state index is 0.0279. The number of nitrogens with zero attached hydrogens (tertiary/aromatic N) is 1. The van der Waals surface area contributed by atoms with E-state index in [1.165, 1.54) is 0 Å². The van der Waals surface area contributed by atoms with E-state index in [1.807, 2.05) is 60.7 Å². The molecule has 1 N–H and O–H groups in total. The smallest absolute Gasteiger partial charge is 0.243 e. The Bertz CT molecular complexity index is 782. The van der Waals surface area contributed by atoms with Gasteiger partial charge in [0.15, 0.2) is 0 Å². The maximum absolute atomic E-state index is 12.9. The van der Waals surface area contributed by atoms with Crippen LogP contribution in [0.15, 0.2) is 60.7 Å². The van der Waals surface area contributed by atoms with Gasteiger partial charge in [-0.2, -0.15) is 0 Å². The van der Waals surface area contributed by atoms with E-state index < -0.39 is 6.04 Å². The molecule has 0 spiro atoms. The summed E-state index contributed by atoms with van der Waals surface area (Å²) in [6, 6.07) is 18.9. The molecule has 6 heteroatoms. The van der Waals surface area contributed by atoms with Gasteiger partial charge in [0.25, 0.3) is 0 Å². The lowest BCUT2D eigenvalue weighted by atomic mass is 10.1. The number of amides is 2. The molecule has 1 fully saturated rings. The predicted octanol–water partition coefficient (Wildman–Crippen LogP) is 2.43. The molecule has 2 unspecified atom stereocenters. The van der Waals surface area contributed by atoms with Crippen LogP contribution in [-0.4, -0.2) is 55.7 Å². The minimum Gasteiger partial charge on any atom is -0.488 e. The molecule has 0 aliphatic carbocycles. The summed E-state index contributed by atoms with van der Waals surface area (Å²) in [4.78, 5) is 27.3. The molecule has 1 saturated heterocycles. The van der Waals surface area contributed by atoms with Crippen molar-refractivity contribution in [1.29, 1.82) is 0 Å². The maximum atomic E-state index is 12.9. The quantitative estimate of drug-likeness (QED) is 0.661. The first-order valence-electron chi connectivity index (χ1n) is 9.99. The molecular weight excluding hydrogens is 368 g/mol. The highest BCUT2D eigenvalue weighted by Gasteiger charge is 2.40. The van der Waals surface area contributed by atoms with Crippen molar-refractivity contribution in [2.24, 2.45) is 0 Å². The molecule has 2 amide bonds. The number of benzene rings is 2. The Hall–Kier alpha value is -2.86. The highest BCUT2D eigenvalue weighted by atomic mass is 16.5. The molecule has 1 aliphatic rings. The molecule has 0 saturated carbocycles. The first-order chi connectivity index (χ1) is 14.2. The molecule has 154 valence electrons. The molecule has 2 aromatic rings. The van der Waals surface area contributed by atoms with E-state index >= 15 is 0 Å². The maximum Gasteiger partial charge on any atom is 0.243 e. The number of likely N-dealkylation sites (tertiary alicyclic amines) is 1. The average molecular weight is 396 g/mol. The fourth-order valence-electron chi connectivity index (χ4n) is 3.53. The monoisotopic (exact) mass is 396 g/mol. The van der Waals surface area contributed by atoms with Crippen LogP contribution in [0, 0.1) is 0 Å².